The first-order valence-electron chi connectivity index (χ1n) is 5.05. The van der Waals surface area contributed by atoms with Crippen LogP contribution in [0.5, 0.6) is 0 Å². The van der Waals surface area contributed by atoms with E-state index in [0.29, 0.717) is 16.3 Å². The quantitative estimate of drug-likeness (QED) is 0.809. The SMILES string of the molecule is CSCC(CC(=O)c1ccc(Cl)cc1)C(=O)O. The van der Waals surface area contributed by atoms with Gasteiger partial charge < -0.3 is 5.11 Å². The van der Waals surface area contributed by atoms with Gasteiger partial charge in [0, 0.05) is 22.8 Å². The maximum Gasteiger partial charge on any atom is 0.307 e. The van der Waals surface area contributed by atoms with Gasteiger partial charge in [-0.1, -0.05) is 11.6 Å². The van der Waals surface area contributed by atoms with Gasteiger partial charge in [-0.25, -0.2) is 0 Å². The van der Waals surface area contributed by atoms with Gasteiger partial charge in [-0.3, -0.25) is 9.59 Å². The highest BCUT2D eigenvalue weighted by Gasteiger charge is 2.21. The molecule has 5 heteroatoms. The van der Waals surface area contributed by atoms with Crippen LogP contribution in [0.4, 0.5) is 0 Å². The molecule has 0 radical (unpaired) electrons. The second-order valence-electron chi connectivity index (χ2n) is 3.62. The average molecular weight is 273 g/mol. The lowest BCUT2D eigenvalue weighted by Gasteiger charge is -2.09. The van der Waals surface area contributed by atoms with Crippen molar-refractivity contribution in [1.29, 1.82) is 0 Å². The number of hydrogen-bond acceptors (Lipinski definition) is 3. The smallest absolute Gasteiger partial charge is 0.307 e. The molecule has 17 heavy (non-hydrogen) atoms. The molecular formula is C12H13ClO3S. The molecule has 1 N–H and O–H groups in total. The molecule has 1 aromatic carbocycles. The zero-order valence-corrected chi connectivity index (χ0v) is 10.9. The molecule has 0 aliphatic heterocycles. The second-order valence-corrected chi connectivity index (χ2v) is 4.97. The molecule has 0 spiro atoms. The van der Waals surface area contributed by atoms with Gasteiger partial charge in [0.1, 0.15) is 0 Å². The fourth-order valence-electron chi connectivity index (χ4n) is 1.40. The van der Waals surface area contributed by atoms with Crippen molar-refractivity contribution in [3.63, 3.8) is 0 Å². The van der Waals surface area contributed by atoms with Gasteiger partial charge in [0.05, 0.1) is 5.92 Å². The van der Waals surface area contributed by atoms with Gasteiger partial charge in [-0.05, 0) is 30.5 Å². The van der Waals surface area contributed by atoms with E-state index in [1.807, 2.05) is 6.26 Å². The first-order chi connectivity index (χ1) is 8.04. The van der Waals surface area contributed by atoms with E-state index in [1.165, 1.54) is 11.8 Å². The fraction of sp³-hybridized carbons (Fsp3) is 0.333. The van der Waals surface area contributed by atoms with E-state index in [4.69, 9.17) is 16.7 Å². The number of carbonyl (C=O) groups is 2. The van der Waals surface area contributed by atoms with Crippen LogP contribution in [0.3, 0.4) is 0 Å². The minimum atomic E-state index is -0.929. The molecule has 0 bridgehead atoms. The highest BCUT2D eigenvalue weighted by Crippen LogP contribution is 2.16. The summed E-state index contributed by atoms with van der Waals surface area (Å²) in [6.07, 6.45) is 1.85. The van der Waals surface area contributed by atoms with Crippen LogP contribution < -0.4 is 0 Å². The Bertz CT molecular complexity index is 403. The molecule has 0 fully saturated rings. The minimum absolute atomic E-state index is 0.0256. The van der Waals surface area contributed by atoms with Gasteiger partial charge >= 0.3 is 5.97 Å². The average Bonchev–Trinajstić information content (AvgIpc) is 2.29. The highest BCUT2D eigenvalue weighted by molar-refractivity contribution is 7.98. The van der Waals surface area contributed by atoms with Crippen LogP contribution in [0, 0.1) is 5.92 Å². The van der Waals surface area contributed by atoms with Crippen LogP contribution in [-0.2, 0) is 4.79 Å². The molecule has 0 saturated carbocycles. The summed E-state index contributed by atoms with van der Waals surface area (Å²) >= 11 is 7.14. The summed E-state index contributed by atoms with van der Waals surface area (Å²) in [5.41, 5.74) is 0.502. The molecule has 0 saturated heterocycles. The molecule has 0 amide bonds. The van der Waals surface area contributed by atoms with E-state index >= 15 is 0 Å². The number of benzene rings is 1. The van der Waals surface area contributed by atoms with Crippen LogP contribution in [0.2, 0.25) is 5.02 Å². The summed E-state index contributed by atoms with van der Waals surface area (Å²) in [7, 11) is 0. The first kappa shape index (κ1) is 14.1. The summed E-state index contributed by atoms with van der Waals surface area (Å²) in [5, 5.41) is 9.51. The van der Waals surface area contributed by atoms with Crippen LogP contribution >= 0.6 is 23.4 Å². The van der Waals surface area contributed by atoms with E-state index in [0.717, 1.165) is 0 Å². The van der Waals surface area contributed by atoms with Crippen molar-refractivity contribution in [2.24, 2.45) is 5.92 Å². The van der Waals surface area contributed by atoms with Crippen molar-refractivity contribution in [3.05, 3.63) is 34.9 Å². The lowest BCUT2D eigenvalue weighted by atomic mass is 10.00. The van der Waals surface area contributed by atoms with Crippen LogP contribution in [0.15, 0.2) is 24.3 Å². The van der Waals surface area contributed by atoms with Crippen LogP contribution in [-0.4, -0.2) is 28.9 Å². The molecule has 0 aromatic heterocycles. The number of carboxylic acids is 1. The van der Waals surface area contributed by atoms with Crippen molar-refractivity contribution in [2.75, 3.05) is 12.0 Å². The van der Waals surface area contributed by atoms with E-state index in [9.17, 15) is 9.59 Å². The Morgan fingerprint density at radius 2 is 1.94 bits per heavy atom. The van der Waals surface area contributed by atoms with Gasteiger partial charge in [-0.15, -0.1) is 0 Å². The molecule has 0 aliphatic carbocycles. The molecule has 1 rings (SSSR count). The Morgan fingerprint density at radius 1 is 1.35 bits per heavy atom. The number of rotatable bonds is 6. The zero-order valence-electron chi connectivity index (χ0n) is 9.35. The summed E-state index contributed by atoms with van der Waals surface area (Å²) < 4.78 is 0. The van der Waals surface area contributed by atoms with Gasteiger partial charge in [0.2, 0.25) is 0 Å². The molecule has 92 valence electrons. The third kappa shape index (κ3) is 4.40. The Hall–Kier alpha value is -1.00. The molecule has 1 unspecified atom stereocenters. The predicted molar refractivity (Wildman–Crippen MR) is 69.9 cm³/mol. The number of ketones is 1. The Balaban J connectivity index is 2.70. The standard InChI is InChI=1S/C12H13ClO3S/c1-17-7-9(12(15)16)6-11(14)8-2-4-10(13)5-3-8/h2-5,9H,6-7H2,1H3,(H,15,16). The van der Waals surface area contributed by atoms with Gasteiger partial charge in [0.15, 0.2) is 5.78 Å². The number of halogens is 1. The van der Waals surface area contributed by atoms with Crippen molar-refractivity contribution < 1.29 is 14.7 Å². The highest BCUT2D eigenvalue weighted by atomic mass is 35.5. The second kappa shape index (κ2) is 6.67. The number of thioether (sulfide) groups is 1. The molecule has 1 aromatic rings. The zero-order chi connectivity index (χ0) is 12.8. The van der Waals surface area contributed by atoms with E-state index < -0.39 is 11.9 Å². The van der Waals surface area contributed by atoms with Crippen LogP contribution in [0.1, 0.15) is 16.8 Å². The Labute approximate surface area is 109 Å². The van der Waals surface area contributed by atoms with Crippen molar-refractivity contribution >= 4 is 35.1 Å². The predicted octanol–water partition coefficient (Wildman–Crippen LogP) is 2.98. The Kier molecular flexibility index (Phi) is 5.51. The normalized spacial score (nSPS) is 12.1. The fourth-order valence-corrected chi connectivity index (χ4v) is 2.18. The molecule has 1 atom stereocenters. The number of hydrogen-bond donors (Lipinski definition) is 1. The maximum atomic E-state index is 11.8. The van der Waals surface area contributed by atoms with Gasteiger partial charge in [-0.2, -0.15) is 11.8 Å². The number of carboxylic acid groups (broad SMARTS) is 1. The van der Waals surface area contributed by atoms with Gasteiger partial charge in [0.25, 0.3) is 0 Å². The lowest BCUT2D eigenvalue weighted by Crippen LogP contribution is -2.20. The van der Waals surface area contributed by atoms with Crippen molar-refractivity contribution in [1.82, 2.24) is 0 Å². The summed E-state index contributed by atoms with van der Waals surface area (Å²) in [6.45, 7) is 0. The first-order valence-corrected chi connectivity index (χ1v) is 6.82. The third-order valence-corrected chi connectivity index (χ3v) is 3.30. The lowest BCUT2D eigenvalue weighted by molar-refractivity contribution is -0.140. The van der Waals surface area contributed by atoms with Crippen molar-refractivity contribution in [3.8, 4) is 0 Å². The van der Waals surface area contributed by atoms with E-state index in [1.54, 1.807) is 24.3 Å². The van der Waals surface area contributed by atoms with Crippen LogP contribution in [0.25, 0.3) is 0 Å². The monoisotopic (exact) mass is 272 g/mol. The molecule has 3 nitrogen and oxygen atoms in total. The van der Waals surface area contributed by atoms with E-state index in [-0.39, 0.29) is 12.2 Å². The minimum Gasteiger partial charge on any atom is -0.481 e. The molecule has 0 aliphatic rings. The summed E-state index contributed by atoms with van der Waals surface area (Å²) in [4.78, 5) is 22.8. The Morgan fingerprint density at radius 3 is 2.41 bits per heavy atom. The largest absolute Gasteiger partial charge is 0.481 e. The third-order valence-electron chi connectivity index (χ3n) is 2.32. The number of Topliss-reactive ketones (excluding diaryl/α,β-unsaturated/α-hetero) is 1. The van der Waals surface area contributed by atoms with Crippen molar-refractivity contribution in [2.45, 2.75) is 6.42 Å². The number of aliphatic carboxylic acids is 1. The summed E-state index contributed by atoms with van der Waals surface area (Å²) in [5.74, 6) is -1.28. The molecule has 0 heterocycles. The van der Waals surface area contributed by atoms with E-state index in [2.05, 4.69) is 0 Å². The topological polar surface area (TPSA) is 54.4 Å². The molecular weight excluding hydrogens is 260 g/mol. The summed E-state index contributed by atoms with van der Waals surface area (Å²) in [6, 6.07) is 6.48. The number of carbonyl (C=O) groups excluding carboxylic acids is 1. The maximum absolute atomic E-state index is 11.8.